The molecule has 7 heteroatoms. The molecule has 0 fully saturated rings. The summed E-state index contributed by atoms with van der Waals surface area (Å²) in [7, 11) is 1.62. The van der Waals surface area contributed by atoms with Gasteiger partial charge in [0.2, 0.25) is 0 Å². The van der Waals surface area contributed by atoms with Crippen LogP contribution in [0.3, 0.4) is 0 Å². The van der Waals surface area contributed by atoms with Crippen molar-refractivity contribution in [1.29, 1.82) is 0 Å². The maximum absolute atomic E-state index is 12.6. The van der Waals surface area contributed by atoms with E-state index >= 15 is 0 Å². The molecule has 116 valence electrons. The standard InChI is InChI=1S/C14H22N4O3/c1-4-7-17-9-15-12-11(17)13(20)18(14(21)16(12)3)8-5-6-10(2)19/h9-10,19H,4-8H2,1-3H3/t10-/m1/s1. The number of aliphatic hydroxyl groups is 1. The molecule has 0 radical (unpaired) electrons. The second-order valence-electron chi connectivity index (χ2n) is 5.40. The Bertz CT molecular complexity index is 739. The lowest BCUT2D eigenvalue weighted by atomic mass is 10.2. The fraction of sp³-hybridized carbons (Fsp3) is 0.643. The highest BCUT2D eigenvalue weighted by molar-refractivity contribution is 5.69. The molecule has 0 amide bonds. The van der Waals surface area contributed by atoms with E-state index in [0.29, 0.717) is 37.1 Å². The third-order valence-corrected chi connectivity index (χ3v) is 3.57. The van der Waals surface area contributed by atoms with Crippen LogP contribution >= 0.6 is 0 Å². The first-order valence-electron chi connectivity index (χ1n) is 7.30. The smallest absolute Gasteiger partial charge is 0.332 e. The van der Waals surface area contributed by atoms with Gasteiger partial charge in [-0.25, -0.2) is 9.78 Å². The fourth-order valence-corrected chi connectivity index (χ4v) is 2.47. The van der Waals surface area contributed by atoms with Crippen molar-refractivity contribution < 1.29 is 5.11 Å². The number of aryl methyl sites for hydroxylation is 2. The molecule has 21 heavy (non-hydrogen) atoms. The SMILES string of the molecule is CCCn1cnc2c1c(=O)n(CCC[C@@H](C)O)c(=O)n2C. The summed E-state index contributed by atoms with van der Waals surface area (Å²) < 4.78 is 4.44. The van der Waals surface area contributed by atoms with Gasteiger partial charge >= 0.3 is 5.69 Å². The molecule has 0 aromatic carbocycles. The Morgan fingerprint density at radius 2 is 2.05 bits per heavy atom. The molecular weight excluding hydrogens is 272 g/mol. The lowest BCUT2D eigenvalue weighted by molar-refractivity contribution is 0.179. The van der Waals surface area contributed by atoms with Gasteiger partial charge in [-0.15, -0.1) is 0 Å². The van der Waals surface area contributed by atoms with Crippen LogP contribution in [-0.2, 0) is 20.1 Å². The van der Waals surface area contributed by atoms with Crippen molar-refractivity contribution in [1.82, 2.24) is 18.7 Å². The van der Waals surface area contributed by atoms with Crippen molar-refractivity contribution in [3.63, 3.8) is 0 Å². The second-order valence-corrected chi connectivity index (χ2v) is 5.40. The molecule has 0 aliphatic carbocycles. The molecule has 0 saturated heterocycles. The maximum atomic E-state index is 12.6. The van der Waals surface area contributed by atoms with Crippen molar-refractivity contribution in [3.8, 4) is 0 Å². The number of nitrogens with zero attached hydrogens (tertiary/aromatic N) is 4. The molecule has 0 spiro atoms. The summed E-state index contributed by atoms with van der Waals surface area (Å²) in [6.45, 7) is 4.72. The molecular formula is C14H22N4O3. The molecule has 1 atom stereocenters. The highest BCUT2D eigenvalue weighted by atomic mass is 16.3. The van der Waals surface area contributed by atoms with Gasteiger partial charge in [-0.2, -0.15) is 0 Å². The summed E-state index contributed by atoms with van der Waals surface area (Å²) in [5.41, 5.74) is 0.228. The Hall–Kier alpha value is -1.89. The van der Waals surface area contributed by atoms with Crippen LogP contribution in [0, 0.1) is 0 Å². The second kappa shape index (κ2) is 6.26. The Kier molecular flexibility index (Phi) is 4.62. The lowest BCUT2D eigenvalue weighted by Crippen LogP contribution is -2.39. The average molecular weight is 294 g/mol. The Balaban J connectivity index is 2.52. The number of aliphatic hydroxyl groups excluding tert-OH is 1. The van der Waals surface area contributed by atoms with Crippen molar-refractivity contribution in [3.05, 3.63) is 27.2 Å². The van der Waals surface area contributed by atoms with Crippen LogP contribution in [0.15, 0.2) is 15.9 Å². The van der Waals surface area contributed by atoms with Crippen LogP contribution in [0.1, 0.15) is 33.1 Å². The third kappa shape index (κ3) is 2.92. The lowest BCUT2D eigenvalue weighted by Gasteiger charge is -2.10. The number of aromatic nitrogens is 4. The summed E-state index contributed by atoms with van der Waals surface area (Å²) in [5.74, 6) is 0. The zero-order chi connectivity index (χ0) is 15.6. The van der Waals surface area contributed by atoms with Crippen LogP contribution in [0.25, 0.3) is 11.2 Å². The molecule has 2 heterocycles. The Morgan fingerprint density at radius 3 is 2.67 bits per heavy atom. The quantitative estimate of drug-likeness (QED) is 0.839. The number of hydrogen-bond donors (Lipinski definition) is 1. The van der Waals surface area contributed by atoms with Gasteiger partial charge in [0.1, 0.15) is 0 Å². The van der Waals surface area contributed by atoms with Gasteiger partial charge in [0.15, 0.2) is 11.2 Å². The van der Waals surface area contributed by atoms with E-state index < -0.39 is 6.10 Å². The predicted octanol–water partition coefficient (Wildman–Crippen LogP) is 0.468. The topological polar surface area (TPSA) is 82.1 Å². The summed E-state index contributed by atoms with van der Waals surface area (Å²) in [6, 6.07) is 0. The van der Waals surface area contributed by atoms with E-state index in [2.05, 4.69) is 4.98 Å². The fourth-order valence-electron chi connectivity index (χ4n) is 2.47. The van der Waals surface area contributed by atoms with Crippen LogP contribution in [0.5, 0.6) is 0 Å². The van der Waals surface area contributed by atoms with Gasteiger partial charge in [0, 0.05) is 20.1 Å². The van der Waals surface area contributed by atoms with Gasteiger partial charge in [-0.3, -0.25) is 13.9 Å². The molecule has 0 unspecified atom stereocenters. The van der Waals surface area contributed by atoms with Crippen LogP contribution in [0.4, 0.5) is 0 Å². The first-order valence-corrected chi connectivity index (χ1v) is 7.30. The van der Waals surface area contributed by atoms with E-state index in [-0.39, 0.29) is 11.2 Å². The van der Waals surface area contributed by atoms with Gasteiger partial charge in [-0.1, -0.05) is 6.92 Å². The maximum Gasteiger partial charge on any atom is 0.332 e. The number of imidazole rings is 1. The summed E-state index contributed by atoms with van der Waals surface area (Å²) >= 11 is 0. The molecule has 0 aliphatic heterocycles. The first kappa shape index (κ1) is 15.5. The zero-order valence-corrected chi connectivity index (χ0v) is 12.7. The largest absolute Gasteiger partial charge is 0.393 e. The molecule has 0 bridgehead atoms. The molecule has 1 N–H and O–H groups in total. The van der Waals surface area contributed by atoms with Crippen molar-refractivity contribution >= 4 is 11.2 Å². The molecule has 2 rings (SSSR count). The van der Waals surface area contributed by atoms with E-state index in [1.807, 2.05) is 6.92 Å². The third-order valence-electron chi connectivity index (χ3n) is 3.57. The minimum Gasteiger partial charge on any atom is -0.393 e. The van der Waals surface area contributed by atoms with Crippen LogP contribution in [-0.4, -0.2) is 29.9 Å². The van der Waals surface area contributed by atoms with E-state index in [1.165, 1.54) is 9.13 Å². The molecule has 0 aliphatic rings. The average Bonchev–Trinajstić information content (AvgIpc) is 2.84. The minimum absolute atomic E-state index is 0.301. The molecule has 2 aromatic heterocycles. The number of fused-ring (bicyclic) bond motifs is 1. The first-order chi connectivity index (χ1) is 9.97. The Labute approximate surface area is 122 Å². The normalized spacial score (nSPS) is 13.0. The van der Waals surface area contributed by atoms with Crippen molar-refractivity contribution in [2.24, 2.45) is 7.05 Å². The summed E-state index contributed by atoms with van der Waals surface area (Å²) in [5, 5.41) is 9.29. The Morgan fingerprint density at radius 1 is 1.33 bits per heavy atom. The van der Waals surface area contributed by atoms with Gasteiger partial charge in [0.25, 0.3) is 5.56 Å². The molecule has 2 aromatic rings. The zero-order valence-electron chi connectivity index (χ0n) is 12.7. The van der Waals surface area contributed by atoms with Crippen molar-refractivity contribution in [2.75, 3.05) is 0 Å². The number of hydrogen-bond acceptors (Lipinski definition) is 4. The van der Waals surface area contributed by atoms with E-state index in [9.17, 15) is 14.7 Å². The number of rotatable bonds is 6. The van der Waals surface area contributed by atoms with Crippen LogP contribution in [0.2, 0.25) is 0 Å². The van der Waals surface area contributed by atoms with E-state index in [0.717, 1.165) is 6.42 Å². The summed E-state index contributed by atoms with van der Waals surface area (Å²) in [6.07, 6.45) is 3.20. The summed E-state index contributed by atoms with van der Waals surface area (Å²) in [4.78, 5) is 29.0. The van der Waals surface area contributed by atoms with Crippen molar-refractivity contribution in [2.45, 2.75) is 52.3 Å². The molecule has 7 nitrogen and oxygen atoms in total. The molecule has 0 saturated carbocycles. The van der Waals surface area contributed by atoms with E-state index in [4.69, 9.17) is 0 Å². The highest BCUT2D eigenvalue weighted by Crippen LogP contribution is 2.07. The van der Waals surface area contributed by atoms with Gasteiger partial charge in [0.05, 0.1) is 12.4 Å². The highest BCUT2D eigenvalue weighted by Gasteiger charge is 2.15. The monoisotopic (exact) mass is 294 g/mol. The van der Waals surface area contributed by atoms with E-state index in [1.54, 1.807) is 24.9 Å². The van der Waals surface area contributed by atoms with Gasteiger partial charge < -0.3 is 9.67 Å². The van der Waals surface area contributed by atoms with Crippen LogP contribution < -0.4 is 11.2 Å². The predicted molar refractivity (Wildman–Crippen MR) is 80.4 cm³/mol. The minimum atomic E-state index is -0.432. The van der Waals surface area contributed by atoms with Gasteiger partial charge in [-0.05, 0) is 26.2 Å².